The summed E-state index contributed by atoms with van der Waals surface area (Å²) in [5.74, 6) is -1.12. The number of phenolic OH excluding ortho intramolecular Hbond substituents is 1. The van der Waals surface area contributed by atoms with Crippen LogP contribution in [0.25, 0.3) is 10.2 Å². The molecule has 10 heteroatoms. The first-order valence-corrected chi connectivity index (χ1v) is 8.24. The number of carbonyl (C=O) groups is 1. The van der Waals surface area contributed by atoms with Crippen molar-refractivity contribution in [1.29, 1.82) is 0 Å². The SMILES string of the molecule is COc1cc(Cl)cc(C(=O)Nc2nc3ccc(C(F)(F)F)cc3s2)c1O. The van der Waals surface area contributed by atoms with Gasteiger partial charge in [-0.3, -0.25) is 10.1 Å². The third-order valence-electron chi connectivity index (χ3n) is 3.44. The molecule has 0 aliphatic rings. The molecule has 2 N–H and O–H groups in total. The van der Waals surface area contributed by atoms with Crippen molar-refractivity contribution in [2.45, 2.75) is 6.18 Å². The first-order valence-electron chi connectivity index (χ1n) is 7.04. The van der Waals surface area contributed by atoms with Crippen LogP contribution in [0.2, 0.25) is 5.02 Å². The fourth-order valence-corrected chi connectivity index (χ4v) is 3.33. The highest BCUT2D eigenvalue weighted by atomic mass is 35.5. The molecule has 0 aliphatic heterocycles. The van der Waals surface area contributed by atoms with Crippen LogP contribution >= 0.6 is 22.9 Å². The molecule has 2 aromatic carbocycles. The van der Waals surface area contributed by atoms with Gasteiger partial charge in [0.1, 0.15) is 0 Å². The summed E-state index contributed by atoms with van der Waals surface area (Å²) in [7, 11) is 1.30. The molecule has 0 aliphatic carbocycles. The smallest absolute Gasteiger partial charge is 0.416 e. The van der Waals surface area contributed by atoms with Gasteiger partial charge < -0.3 is 9.84 Å². The standard InChI is InChI=1S/C16H10ClF3N2O3S/c1-25-11-6-8(17)5-9(13(11)23)14(24)22-15-21-10-3-2-7(16(18,19)20)4-12(10)26-15/h2-6,23H,1H3,(H,21,22,24). The number of methoxy groups -OCH3 is 1. The normalized spacial score (nSPS) is 11.6. The number of halogens is 4. The quantitative estimate of drug-likeness (QED) is 0.651. The molecule has 0 spiro atoms. The number of thiazole rings is 1. The second-order valence-corrected chi connectivity index (χ2v) is 6.62. The summed E-state index contributed by atoms with van der Waals surface area (Å²) in [6.45, 7) is 0. The van der Waals surface area contributed by atoms with Crippen molar-refractivity contribution in [3.8, 4) is 11.5 Å². The zero-order chi connectivity index (χ0) is 19.1. The van der Waals surface area contributed by atoms with E-state index in [9.17, 15) is 23.1 Å². The van der Waals surface area contributed by atoms with E-state index in [1.807, 2.05) is 0 Å². The summed E-state index contributed by atoms with van der Waals surface area (Å²) in [5, 5.41) is 12.7. The van der Waals surface area contributed by atoms with Crippen molar-refractivity contribution in [2.24, 2.45) is 0 Å². The van der Waals surface area contributed by atoms with Crippen LogP contribution < -0.4 is 10.1 Å². The van der Waals surface area contributed by atoms with E-state index in [1.54, 1.807) is 0 Å². The Bertz CT molecular complexity index is 1000. The molecule has 1 amide bonds. The molecule has 1 heterocycles. The molecule has 0 radical (unpaired) electrons. The number of ether oxygens (including phenoxy) is 1. The summed E-state index contributed by atoms with van der Waals surface area (Å²) in [6, 6.07) is 5.68. The highest BCUT2D eigenvalue weighted by Crippen LogP contribution is 2.36. The van der Waals surface area contributed by atoms with Crippen molar-refractivity contribution < 1.29 is 27.8 Å². The number of hydrogen-bond donors (Lipinski definition) is 2. The Balaban J connectivity index is 1.92. The molecular weight excluding hydrogens is 393 g/mol. The van der Waals surface area contributed by atoms with Crippen LogP contribution in [0.1, 0.15) is 15.9 Å². The Hall–Kier alpha value is -2.52. The average Bonchev–Trinajstić information content (AvgIpc) is 2.96. The van der Waals surface area contributed by atoms with Gasteiger partial charge in [-0.2, -0.15) is 13.2 Å². The number of alkyl halides is 3. The number of aromatic hydroxyl groups is 1. The van der Waals surface area contributed by atoms with Crippen LogP contribution in [0, 0.1) is 0 Å². The molecule has 3 rings (SSSR count). The predicted octanol–water partition coefficient (Wildman–Crippen LogP) is 4.94. The number of amides is 1. The number of fused-ring (bicyclic) bond motifs is 1. The van der Waals surface area contributed by atoms with Crippen molar-refractivity contribution in [1.82, 2.24) is 4.98 Å². The first kappa shape index (κ1) is 18.3. The van der Waals surface area contributed by atoms with Gasteiger partial charge in [-0.25, -0.2) is 4.98 Å². The van der Waals surface area contributed by atoms with E-state index in [0.717, 1.165) is 23.5 Å². The molecule has 0 saturated heterocycles. The largest absolute Gasteiger partial charge is 0.504 e. The molecule has 136 valence electrons. The van der Waals surface area contributed by atoms with Gasteiger partial charge in [0.15, 0.2) is 16.6 Å². The van der Waals surface area contributed by atoms with E-state index in [-0.39, 0.29) is 26.2 Å². The lowest BCUT2D eigenvalue weighted by molar-refractivity contribution is -0.137. The molecule has 1 aromatic heterocycles. The number of nitrogens with one attached hydrogen (secondary N) is 1. The number of carbonyl (C=O) groups excluding carboxylic acids is 1. The molecule has 0 saturated carbocycles. The number of nitrogens with zero attached hydrogens (tertiary/aromatic N) is 1. The zero-order valence-corrected chi connectivity index (χ0v) is 14.6. The average molecular weight is 403 g/mol. The molecule has 26 heavy (non-hydrogen) atoms. The maximum absolute atomic E-state index is 12.8. The van der Waals surface area contributed by atoms with Crippen LogP contribution in [-0.4, -0.2) is 23.1 Å². The van der Waals surface area contributed by atoms with Gasteiger partial charge in [0.2, 0.25) is 0 Å². The second-order valence-electron chi connectivity index (χ2n) is 5.16. The molecule has 5 nitrogen and oxygen atoms in total. The third kappa shape index (κ3) is 3.54. The summed E-state index contributed by atoms with van der Waals surface area (Å²) in [4.78, 5) is 16.4. The van der Waals surface area contributed by atoms with Gasteiger partial charge in [0.25, 0.3) is 5.91 Å². The van der Waals surface area contributed by atoms with Crippen LogP contribution in [0.3, 0.4) is 0 Å². The van der Waals surface area contributed by atoms with Crippen LogP contribution in [-0.2, 0) is 6.18 Å². The second kappa shape index (κ2) is 6.65. The lowest BCUT2D eigenvalue weighted by Crippen LogP contribution is -2.12. The Morgan fingerprint density at radius 1 is 1.31 bits per heavy atom. The third-order valence-corrected chi connectivity index (χ3v) is 4.59. The minimum Gasteiger partial charge on any atom is -0.504 e. The van der Waals surface area contributed by atoms with Crippen molar-refractivity contribution >= 4 is 44.2 Å². The molecule has 0 bridgehead atoms. The van der Waals surface area contributed by atoms with Gasteiger partial charge in [0, 0.05) is 11.1 Å². The van der Waals surface area contributed by atoms with Crippen LogP contribution in [0.15, 0.2) is 30.3 Å². The first-order chi connectivity index (χ1) is 12.2. The monoisotopic (exact) mass is 402 g/mol. The fraction of sp³-hybridized carbons (Fsp3) is 0.125. The molecular formula is C16H10ClF3N2O3S. The molecule has 0 unspecified atom stereocenters. The molecule has 0 atom stereocenters. The minimum atomic E-state index is -4.47. The van der Waals surface area contributed by atoms with Crippen molar-refractivity contribution in [2.75, 3.05) is 12.4 Å². The van der Waals surface area contributed by atoms with Crippen LogP contribution in [0.5, 0.6) is 11.5 Å². The van der Waals surface area contributed by atoms with E-state index >= 15 is 0 Å². The van der Waals surface area contributed by atoms with E-state index in [4.69, 9.17) is 16.3 Å². The fourth-order valence-electron chi connectivity index (χ4n) is 2.22. The van der Waals surface area contributed by atoms with E-state index < -0.39 is 23.4 Å². The number of hydrogen-bond acceptors (Lipinski definition) is 5. The van der Waals surface area contributed by atoms with E-state index in [0.29, 0.717) is 5.52 Å². The Morgan fingerprint density at radius 3 is 2.69 bits per heavy atom. The van der Waals surface area contributed by atoms with Gasteiger partial charge >= 0.3 is 6.18 Å². The zero-order valence-electron chi connectivity index (χ0n) is 13.0. The van der Waals surface area contributed by atoms with E-state index in [2.05, 4.69) is 10.3 Å². The number of rotatable bonds is 3. The molecule has 0 fully saturated rings. The Morgan fingerprint density at radius 2 is 2.04 bits per heavy atom. The van der Waals surface area contributed by atoms with Gasteiger partial charge in [-0.05, 0) is 24.3 Å². The van der Waals surface area contributed by atoms with Crippen molar-refractivity contribution in [3.63, 3.8) is 0 Å². The highest BCUT2D eigenvalue weighted by Gasteiger charge is 2.30. The molecule has 3 aromatic rings. The van der Waals surface area contributed by atoms with Crippen LogP contribution in [0.4, 0.5) is 18.3 Å². The maximum Gasteiger partial charge on any atom is 0.416 e. The van der Waals surface area contributed by atoms with E-state index in [1.165, 1.54) is 25.3 Å². The predicted molar refractivity (Wildman–Crippen MR) is 92.2 cm³/mol. The summed E-state index contributed by atoms with van der Waals surface area (Å²) in [5.41, 5.74) is -0.639. The number of anilines is 1. The summed E-state index contributed by atoms with van der Waals surface area (Å²) >= 11 is 6.76. The van der Waals surface area contributed by atoms with Crippen molar-refractivity contribution in [3.05, 3.63) is 46.5 Å². The lowest BCUT2D eigenvalue weighted by atomic mass is 10.1. The summed E-state index contributed by atoms with van der Waals surface area (Å²) < 4.78 is 43.5. The Kier molecular flexibility index (Phi) is 4.68. The maximum atomic E-state index is 12.8. The number of benzene rings is 2. The van der Waals surface area contributed by atoms with Gasteiger partial charge in [0.05, 0.1) is 28.5 Å². The summed E-state index contributed by atoms with van der Waals surface area (Å²) in [6.07, 6.45) is -4.47. The minimum absolute atomic E-state index is 0.0155. The number of phenols is 1. The van der Waals surface area contributed by atoms with Gasteiger partial charge in [-0.15, -0.1) is 0 Å². The Labute approximate surface area is 154 Å². The number of aromatic nitrogens is 1. The van der Waals surface area contributed by atoms with Gasteiger partial charge in [-0.1, -0.05) is 22.9 Å². The lowest BCUT2D eigenvalue weighted by Gasteiger charge is -2.09. The highest BCUT2D eigenvalue weighted by molar-refractivity contribution is 7.22. The topological polar surface area (TPSA) is 71.5 Å².